The Morgan fingerprint density at radius 1 is 1.56 bits per heavy atom. The van der Waals surface area contributed by atoms with Gasteiger partial charge in [0.25, 0.3) is 5.91 Å². The Bertz CT molecular complexity index is 468. The molecule has 0 aliphatic carbocycles. The fourth-order valence-corrected chi connectivity index (χ4v) is 1.71. The van der Waals surface area contributed by atoms with Gasteiger partial charge in [0.1, 0.15) is 5.75 Å². The summed E-state index contributed by atoms with van der Waals surface area (Å²) in [7, 11) is 3.13. The summed E-state index contributed by atoms with van der Waals surface area (Å²) in [6.07, 6.45) is 0. The molecule has 1 aromatic carbocycles. The Balaban J connectivity index is 2.39. The van der Waals surface area contributed by atoms with Crippen molar-refractivity contribution in [1.29, 1.82) is 0 Å². The maximum Gasteiger partial charge on any atom is 0.261 e. The monoisotopic (exact) mass is 219 g/mol. The Kier molecular flexibility index (Phi) is 2.52. The van der Waals surface area contributed by atoms with Crippen molar-refractivity contribution in [3.63, 3.8) is 0 Å². The van der Waals surface area contributed by atoms with Crippen LogP contribution >= 0.6 is 0 Å². The van der Waals surface area contributed by atoms with Gasteiger partial charge in [-0.2, -0.15) is 0 Å². The molecule has 0 spiro atoms. The highest BCUT2D eigenvalue weighted by molar-refractivity contribution is 6.08. The van der Waals surface area contributed by atoms with Crippen molar-refractivity contribution < 1.29 is 9.53 Å². The molecule has 0 fully saturated rings. The second kappa shape index (κ2) is 3.84. The predicted molar refractivity (Wildman–Crippen MR) is 60.4 cm³/mol. The van der Waals surface area contributed by atoms with Crippen molar-refractivity contribution >= 4 is 11.9 Å². The number of fused-ring (bicyclic) bond motifs is 1. The second-order valence-electron chi connectivity index (χ2n) is 3.50. The van der Waals surface area contributed by atoms with Gasteiger partial charge in [-0.05, 0) is 17.7 Å². The molecule has 0 saturated carbocycles. The number of ether oxygens (including phenoxy) is 1. The number of methoxy groups -OCH3 is 1. The van der Waals surface area contributed by atoms with E-state index in [4.69, 9.17) is 10.5 Å². The van der Waals surface area contributed by atoms with E-state index < -0.39 is 0 Å². The molecule has 0 bridgehead atoms. The summed E-state index contributed by atoms with van der Waals surface area (Å²) in [5, 5.41) is 0. The van der Waals surface area contributed by atoms with Crippen LogP contribution in [-0.4, -0.2) is 30.9 Å². The zero-order valence-corrected chi connectivity index (χ0v) is 9.23. The third-order valence-electron chi connectivity index (χ3n) is 2.63. The van der Waals surface area contributed by atoms with E-state index in [9.17, 15) is 4.79 Å². The third kappa shape index (κ3) is 1.50. The van der Waals surface area contributed by atoms with Crippen molar-refractivity contribution in [2.24, 2.45) is 10.7 Å². The Morgan fingerprint density at radius 2 is 2.31 bits per heavy atom. The van der Waals surface area contributed by atoms with Crippen LogP contribution < -0.4 is 10.5 Å². The molecule has 0 radical (unpaired) electrons. The summed E-state index contributed by atoms with van der Waals surface area (Å²) in [4.78, 5) is 17.2. The number of guanidine groups is 1. The lowest BCUT2D eigenvalue weighted by Gasteiger charge is -2.12. The number of carbonyl (C=O) groups is 1. The number of nitrogens with zero attached hydrogens (tertiary/aromatic N) is 2. The Hall–Kier alpha value is -2.04. The van der Waals surface area contributed by atoms with Crippen molar-refractivity contribution in [1.82, 2.24) is 4.90 Å². The van der Waals surface area contributed by atoms with E-state index in [0.717, 1.165) is 5.56 Å². The van der Waals surface area contributed by atoms with Crippen LogP contribution in [0.5, 0.6) is 5.75 Å². The maximum atomic E-state index is 12.0. The van der Waals surface area contributed by atoms with Crippen LogP contribution in [-0.2, 0) is 6.54 Å². The topological polar surface area (TPSA) is 67.9 Å². The number of nitrogens with two attached hydrogens (primary N) is 1. The van der Waals surface area contributed by atoms with Crippen molar-refractivity contribution in [3.8, 4) is 5.75 Å². The smallest absolute Gasteiger partial charge is 0.261 e. The lowest BCUT2D eigenvalue weighted by molar-refractivity contribution is 0.0864. The molecule has 0 unspecified atom stereocenters. The zero-order chi connectivity index (χ0) is 11.7. The van der Waals surface area contributed by atoms with Crippen LogP contribution in [0.25, 0.3) is 0 Å². The summed E-state index contributed by atoms with van der Waals surface area (Å²) in [6, 6.07) is 5.42. The van der Waals surface area contributed by atoms with Crippen LogP contribution in [0.15, 0.2) is 23.2 Å². The normalized spacial score (nSPS) is 15.2. The van der Waals surface area contributed by atoms with E-state index in [1.54, 1.807) is 20.2 Å². The van der Waals surface area contributed by atoms with Crippen LogP contribution in [0.3, 0.4) is 0 Å². The van der Waals surface area contributed by atoms with Crippen molar-refractivity contribution in [3.05, 3.63) is 29.3 Å². The fourth-order valence-electron chi connectivity index (χ4n) is 1.71. The average molecular weight is 219 g/mol. The summed E-state index contributed by atoms with van der Waals surface area (Å²) in [5.74, 6) is 0.776. The molecule has 5 nitrogen and oxygen atoms in total. The van der Waals surface area contributed by atoms with E-state index >= 15 is 0 Å². The van der Waals surface area contributed by atoms with Gasteiger partial charge < -0.3 is 10.5 Å². The molecule has 16 heavy (non-hydrogen) atoms. The van der Waals surface area contributed by atoms with Crippen molar-refractivity contribution in [2.75, 3.05) is 14.2 Å². The van der Waals surface area contributed by atoms with E-state index in [2.05, 4.69) is 4.99 Å². The first-order valence-electron chi connectivity index (χ1n) is 4.88. The van der Waals surface area contributed by atoms with E-state index in [1.165, 1.54) is 4.90 Å². The molecule has 1 aliphatic heterocycles. The average Bonchev–Trinajstić information content (AvgIpc) is 2.65. The molecule has 2 rings (SSSR count). The van der Waals surface area contributed by atoms with Crippen LogP contribution in [0.1, 0.15) is 15.9 Å². The molecule has 2 N–H and O–H groups in total. The lowest BCUT2D eigenvalue weighted by Crippen LogP contribution is -2.37. The molecule has 0 atom stereocenters. The number of aliphatic imine (C=N–C) groups is 1. The summed E-state index contributed by atoms with van der Waals surface area (Å²) < 4.78 is 5.08. The highest BCUT2D eigenvalue weighted by Crippen LogP contribution is 2.26. The van der Waals surface area contributed by atoms with Gasteiger partial charge in [0.05, 0.1) is 13.7 Å². The van der Waals surface area contributed by atoms with E-state index in [0.29, 0.717) is 17.9 Å². The molecule has 1 heterocycles. The van der Waals surface area contributed by atoms with Gasteiger partial charge in [-0.1, -0.05) is 6.07 Å². The van der Waals surface area contributed by atoms with Gasteiger partial charge in [-0.3, -0.25) is 14.7 Å². The number of hydrogen-bond donors (Lipinski definition) is 1. The standard InChI is InChI=1S/C11H13N3O2/c1-13-11(12)14-6-7-3-4-8(16-2)5-9(7)10(14)15/h3-5H,6H2,1-2H3,(H2,12,13). The number of amides is 1. The first kappa shape index (κ1) is 10.5. The van der Waals surface area contributed by atoms with Gasteiger partial charge in [0.15, 0.2) is 5.96 Å². The fraction of sp³-hybridized carbons (Fsp3) is 0.273. The third-order valence-corrected chi connectivity index (χ3v) is 2.63. The Morgan fingerprint density at radius 3 is 2.94 bits per heavy atom. The highest BCUT2D eigenvalue weighted by atomic mass is 16.5. The van der Waals surface area contributed by atoms with Crippen molar-refractivity contribution in [2.45, 2.75) is 6.54 Å². The van der Waals surface area contributed by atoms with Gasteiger partial charge in [0, 0.05) is 12.6 Å². The van der Waals surface area contributed by atoms with Crippen LogP contribution in [0.4, 0.5) is 0 Å². The molecule has 0 aromatic heterocycles. The minimum Gasteiger partial charge on any atom is -0.497 e. The van der Waals surface area contributed by atoms with Gasteiger partial charge in [0.2, 0.25) is 0 Å². The van der Waals surface area contributed by atoms with Crippen LogP contribution in [0.2, 0.25) is 0 Å². The lowest BCUT2D eigenvalue weighted by atomic mass is 10.1. The summed E-state index contributed by atoms with van der Waals surface area (Å²) in [5.41, 5.74) is 7.22. The van der Waals surface area contributed by atoms with Gasteiger partial charge >= 0.3 is 0 Å². The van der Waals surface area contributed by atoms with Gasteiger partial charge in [-0.25, -0.2) is 0 Å². The minimum absolute atomic E-state index is 0.128. The molecule has 1 aliphatic rings. The molecule has 1 aromatic rings. The molecule has 84 valence electrons. The molecule has 5 heteroatoms. The Labute approximate surface area is 93.5 Å². The number of carbonyl (C=O) groups excluding carboxylic acids is 1. The van der Waals surface area contributed by atoms with E-state index in [1.807, 2.05) is 12.1 Å². The maximum absolute atomic E-state index is 12.0. The summed E-state index contributed by atoms with van der Waals surface area (Å²) in [6.45, 7) is 0.474. The van der Waals surface area contributed by atoms with Crippen LogP contribution in [0, 0.1) is 0 Å². The molecule has 0 saturated heterocycles. The first-order chi connectivity index (χ1) is 7.67. The highest BCUT2D eigenvalue weighted by Gasteiger charge is 2.29. The predicted octanol–water partition coefficient (Wildman–Crippen LogP) is 0.595. The first-order valence-corrected chi connectivity index (χ1v) is 4.88. The zero-order valence-electron chi connectivity index (χ0n) is 9.23. The minimum atomic E-state index is -0.128. The molecular weight excluding hydrogens is 206 g/mol. The number of rotatable bonds is 1. The molecule has 1 amide bonds. The summed E-state index contributed by atoms with van der Waals surface area (Å²) >= 11 is 0. The largest absolute Gasteiger partial charge is 0.497 e. The number of hydrogen-bond acceptors (Lipinski definition) is 3. The second-order valence-corrected chi connectivity index (χ2v) is 3.50. The van der Waals surface area contributed by atoms with Gasteiger partial charge in [-0.15, -0.1) is 0 Å². The van der Waals surface area contributed by atoms with E-state index in [-0.39, 0.29) is 11.9 Å². The quantitative estimate of drug-likeness (QED) is 0.555. The molecular formula is C11H13N3O2. The SMILES string of the molecule is CN=C(N)N1Cc2ccc(OC)cc2C1=O. The number of benzene rings is 1.